The Labute approximate surface area is 102 Å². The van der Waals surface area contributed by atoms with Gasteiger partial charge in [-0.25, -0.2) is 4.98 Å². The molecule has 0 radical (unpaired) electrons. The summed E-state index contributed by atoms with van der Waals surface area (Å²) in [5, 5.41) is 8.82. The Morgan fingerprint density at radius 3 is 2.67 bits per heavy atom. The van der Waals surface area contributed by atoms with E-state index in [1.165, 1.54) is 6.07 Å². The Kier molecular flexibility index (Phi) is 3.05. The summed E-state index contributed by atoms with van der Waals surface area (Å²) >= 11 is 0. The number of rotatable bonds is 3. The van der Waals surface area contributed by atoms with Gasteiger partial charge in [-0.05, 0) is 19.1 Å². The number of anilines is 1. The second-order valence-electron chi connectivity index (χ2n) is 3.61. The maximum Gasteiger partial charge on any atom is 0.295 e. The molecule has 1 heterocycles. The molecule has 4 N–H and O–H groups in total. The van der Waals surface area contributed by atoms with Crippen LogP contribution >= 0.6 is 0 Å². The van der Waals surface area contributed by atoms with Crippen molar-refractivity contribution in [2.45, 2.75) is 6.92 Å². The largest absolute Gasteiger partial charge is 0.366 e. The van der Waals surface area contributed by atoms with Crippen molar-refractivity contribution >= 4 is 17.5 Å². The number of nitrogens with one attached hydrogen (secondary N) is 2. The number of nitrogens with two attached hydrogens (primary N) is 1. The van der Waals surface area contributed by atoms with Gasteiger partial charge in [0.15, 0.2) is 0 Å². The van der Waals surface area contributed by atoms with Crippen molar-refractivity contribution in [3.05, 3.63) is 41.5 Å². The summed E-state index contributed by atoms with van der Waals surface area (Å²) in [6.45, 7) is 1.68. The topological polar surface area (TPSA) is 114 Å². The first-order valence-corrected chi connectivity index (χ1v) is 5.17. The predicted molar refractivity (Wildman–Crippen MR) is 64.0 cm³/mol. The van der Waals surface area contributed by atoms with Gasteiger partial charge in [0, 0.05) is 0 Å². The molecule has 2 aromatic rings. The smallest absolute Gasteiger partial charge is 0.295 e. The Hall–Kier alpha value is -2.70. The highest BCUT2D eigenvalue weighted by molar-refractivity contribution is 6.07. The van der Waals surface area contributed by atoms with Crippen LogP contribution in [-0.4, -0.2) is 27.0 Å². The molecule has 0 aliphatic carbocycles. The summed E-state index contributed by atoms with van der Waals surface area (Å²) in [5.41, 5.74) is 5.77. The van der Waals surface area contributed by atoms with Crippen LogP contribution in [0.4, 0.5) is 5.69 Å². The number of amides is 2. The van der Waals surface area contributed by atoms with E-state index >= 15 is 0 Å². The molecule has 7 nitrogen and oxygen atoms in total. The predicted octanol–water partition coefficient (Wildman–Crippen LogP) is 0.464. The van der Waals surface area contributed by atoms with Crippen LogP contribution in [0, 0.1) is 6.92 Å². The van der Waals surface area contributed by atoms with Gasteiger partial charge in [0.2, 0.25) is 5.82 Å². The molecule has 0 bridgehead atoms. The van der Waals surface area contributed by atoms with Crippen molar-refractivity contribution in [1.29, 1.82) is 0 Å². The van der Waals surface area contributed by atoms with Crippen molar-refractivity contribution < 1.29 is 9.59 Å². The number of aromatic amines is 1. The second kappa shape index (κ2) is 4.66. The zero-order valence-electron chi connectivity index (χ0n) is 9.60. The first-order valence-electron chi connectivity index (χ1n) is 5.17. The number of carbonyl (C=O) groups is 2. The van der Waals surface area contributed by atoms with Crippen LogP contribution in [0.3, 0.4) is 0 Å². The van der Waals surface area contributed by atoms with Crippen LogP contribution in [0.1, 0.15) is 26.8 Å². The zero-order chi connectivity index (χ0) is 13.1. The van der Waals surface area contributed by atoms with Crippen LogP contribution in [-0.2, 0) is 0 Å². The number of aromatic nitrogens is 3. The monoisotopic (exact) mass is 245 g/mol. The Bertz CT molecular complexity index is 605. The molecule has 7 heteroatoms. The molecule has 0 saturated carbocycles. The van der Waals surface area contributed by atoms with Gasteiger partial charge in [-0.15, -0.1) is 5.10 Å². The minimum Gasteiger partial charge on any atom is -0.366 e. The summed E-state index contributed by atoms with van der Waals surface area (Å²) in [6, 6.07) is 6.46. The summed E-state index contributed by atoms with van der Waals surface area (Å²) < 4.78 is 0. The van der Waals surface area contributed by atoms with Crippen molar-refractivity contribution in [3.8, 4) is 0 Å². The number of hydrogen-bond acceptors (Lipinski definition) is 4. The molecule has 0 unspecified atom stereocenters. The van der Waals surface area contributed by atoms with E-state index in [-0.39, 0.29) is 11.4 Å². The third kappa shape index (κ3) is 2.34. The van der Waals surface area contributed by atoms with Crippen molar-refractivity contribution in [3.63, 3.8) is 0 Å². The van der Waals surface area contributed by atoms with Gasteiger partial charge in [0.25, 0.3) is 11.8 Å². The van der Waals surface area contributed by atoms with Crippen LogP contribution in [0.15, 0.2) is 24.3 Å². The first-order chi connectivity index (χ1) is 8.58. The lowest BCUT2D eigenvalue weighted by atomic mass is 10.1. The molecule has 0 spiro atoms. The van der Waals surface area contributed by atoms with Gasteiger partial charge >= 0.3 is 0 Å². The number of benzene rings is 1. The molecule has 92 valence electrons. The van der Waals surface area contributed by atoms with Gasteiger partial charge < -0.3 is 11.1 Å². The SMILES string of the molecule is Cc1nc(C(=O)Nc2ccccc2C(N)=O)n[nH]1. The van der Waals surface area contributed by atoms with Crippen molar-refractivity contribution in [1.82, 2.24) is 15.2 Å². The number of H-pyrrole nitrogens is 1. The first kappa shape index (κ1) is 11.8. The molecular weight excluding hydrogens is 234 g/mol. The molecular formula is C11H11N5O2. The fourth-order valence-corrected chi connectivity index (χ4v) is 1.43. The van der Waals surface area contributed by atoms with Crippen LogP contribution in [0.25, 0.3) is 0 Å². The zero-order valence-corrected chi connectivity index (χ0v) is 9.60. The van der Waals surface area contributed by atoms with Crippen LogP contribution < -0.4 is 11.1 Å². The van der Waals surface area contributed by atoms with E-state index in [1.807, 2.05) is 0 Å². The minimum absolute atomic E-state index is 0.00627. The Balaban J connectivity index is 2.24. The summed E-state index contributed by atoms with van der Waals surface area (Å²) in [7, 11) is 0. The Morgan fingerprint density at radius 2 is 2.06 bits per heavy atom. The van der Waals surface area contributed by atoms with Gasteiger partial charge in [-0.2, -0.15) is 0 Å². The number of aryl methyl sites for hydroxylation is 1. The summed E-state index contributed by atoms with van der Waals surface area (Å²) in [6.07, 6.45) is 0. The average Bonchev–Trinajstić information content (AvgIpc) is 2.76. The molecule has 0 saturated heterocycles. The molecule has 0 aliphatic rings. The lowest BCUT2D eigenvalue weighted by molar-refractivity contribution is 0.100. The summed E-state index contributed by atoms with van der Waals surface area (Å²) in [4.78, 5) is 26.9. The van der Waals surface area contributed by atoms with Gasteiger partial charge in [0.1, 0.15) is 5.82 Å². The third-order valence-electron chi connectivity index (χ3n) is 2.24. The van der Waals surface area contributed by atoms with E-state index in [0.717, 1.165) is 0 Å². The normalized spacial score (nSPS) is 10.1. The lowest BCUT2D eigenvalue weighted by Crippen LogP contribution is -2.19. The number of para-hydroxylation sites is 1. The van der Waals surface area contributed by atoms with Crippen molar-refractivity contribution in [2.24, 2.45) is 5.73 Å². The third-order valence-corrected chi connectivity index (χ3v) is 2.24. The molecule has 18 heavy (non-hydrogen) atoms. The van der Waals surface area contributed by atoms with E-state index < -0.39 is 11.8 Å². The quantitative estimate of drug-likeness (QED) is 0.728. The van der Waals surface area contributed by atoms with Crippen molar-refractivity contribution in [2.75, 3.05) is 5.32 Å². The number of hydrogen-bond donors (Lipinski definition) is 3. The standard InChI is InChI=1S/C11H11N5O2/c1-6-13-10(16-15-6)11(18)14-8-5-3-2-4-7(8)9(12)17/h2-5H,1H3,(H2,12,17)(H,14,18)(H,13,15,16). The number of carbonyl (C=O) groups excluding carboxylic acids is 2. The van der Waals surface area contributed by atoms with E-state index in [2.05, 4.69) is 20.5 Å². The lowest BCUT2D eigenvalue weighted by Gasteiger charge is -2.06. The maximum absolute atomic E-state index is 11.8. The van der Waals surface area contributed by atoms with E-state index in [0.29, 0.717) is 11.5 Å². The molecule has 2 rings (SSSR count). The molecule has 1 aromatic heterocycles. The fourth-order valence-electron chi connectivity index (χ4n) is 1.43. The van der Waals surface area contributed by atoms with E-state index in [9.17, 15) is 9.59 Å². The van der Waals surface area contributed by atoms with Gasteiger partial charge in [0.05, 0.1) is 11.3 Å². The summed E-state index contributed by atoms with van der Waals surface area (Å²) in [5.74, 6) is -0.583. The number of primary amides is 1. The molecule has 0 fully saturated rings. The van der Waals surface area contributed by atoms with Gasteiger partial charge in [-0.3, -0.25) is 14.7 Å². The minimum atomic E-state index is -0.614. The second-order valence-corrected chi connectivity index (χ2v) is 3.61. The average molecular weight is 245 g/mol. The molecule has 2 amide bonds. The van der Waals surface area contributed by atoms with Gasteiger partial charge in [-0.1, -0.05) is 12.1 Å². The molecule has 0 atom stereocenters. The molecule has 1 aromatic carbocycles. The van der Waals surface area contributed by atoms with Crippen LogP contribution in [0.2, 0.25) is 0 Å². The highest BCUT2D eigenvalue weighted by Gasteiger charge is 2.14. The highest BCUT2D eigenvalue weighted by atomic mass is 16.2. The van der Waals surface area contributed by atoms with E-state index in [1.54, 1.807) is 25.1 Å². The fraction of sp³-hybridized carbons (Fsp3) is 0.0909. The Morgan fingerprint density at radius 1 is 1.33 bits per heavy atom. The number of nitrogens with zero attached hydrogens (tertiary/aromatic N) is 2. The molecule has 0 aliphatic heterocycles. The maximum atomic E-state index is 11.8. The van der Waals surface area contributed by atoms with E-state index in [4.69, 9.17) is 5.73 Å². The highest BCUT2D eigenvalue weighted by Crippen LogP contribution is 2.14. The van der Waals surface area contributed by atoms with Crippen LogP contribution in [0.5, 0.6) is 0 Å².